The Morgan fingerprint density at radius 1 is 1.00 bits per heavy atom. The molecule has 0 aliphatic carbocycles. The third-order valence-corrected chi connectivity index (χ3v) is 3.41. The zero-order valence-corrected chi connectivity index (χ0v) is 9.56. The monoisotopic (exact) mass is 218 g/mol. The molecule has 2 aliphatic heterocycles. The molecule has 0 spiro atoms. The van der Waals surface area contributed by atoms with Gasteiger partial charge < -0.3 is 9.75 Å². The van der Waals surface area contributed by atoms with Crippen LogP contribution in [0.3, 0.4) is 0 Å². The predicted molar refractivity (Wildman–Crippen MR) is 64.5 cm³/mol. The van der Waals surface area contributed by atoms with Crippen molar-refractivity contribution in [1.82, 2.24) is 5.01 Å². The second kappa shape index (κ2) is 4.44. The maximum absolute atomic E-state index is 5.41. The summed E-state index contributed by atoms with van der Waals surface area (Å²) >= 11 is 0. The fraction of sp³-hybridized carbons (Fsp3) is 0.538. The molecule has 3 heteroatoms. The molecule has 1 saturated heterocycles. The standard InChI is InChI=1S/C13H18N2O/c1-2-6-13-12(4-1)5-3-7-15(13)14-8-10-16-11-9-14/h1-2,4,6H,3,5,7-11H2. The predicted octanol–water partition coefficient (Wildman–Crippen LogP) is 1.69. The first-order valence-electron chi connectivity index (χ1n) is 6.13. The molecule has 0 radical (unpaired) electrons. The normalized spacial score (nSPS) is 21.9. The van der Waals surface area contributed by atoms with Gasteiger partial charge in [-0.25, -0.2) is 5.01 Å². The third kappa shape index (κ3) is 1.81. The number of hydrogen-bond acceptors (Lipinski definition) is 3. The van der Waals surface area contributed by atoms with Crippen LogP contribution in [0.1, 0.15) is 12.0 Å². The molecule has 1 fully saturated rings. The van der Waals surface area contributed by atoms with E-state index < -0.39 is 0 Å². The first-order valence-corrected chi connectivity index (χ1v) is 6.13. The summed E-state index contributed by atoms with van der Waals surface area (Å²) < 4.78 is 5.41. The van der Waals surface area contributed by atoms with Crippen molar-refractivity contribution in [3.63, 3.8) is 0 Å². The summed E-state index contributed by atoms with van der Waals surface area (Å²) in [4.78, 5) is 0. The molecule has 2 aliphatic rings. The first-order chi connectivity index (χ1) is 7.95. The lowest BCUT2D eigenvalue weighted by molar-refractivity contribution is 0.0308. The number of rotatable bonds is 1. The molecule has 0 amide bonds. The Balaban J connectivity index is 1.86. The van der Waals surface area contributed by atoms with E-state index in [1.807, 2.05) is 0 Å². The van der Waals surface area contributed by atoms with Crippen molar-refractivity contribution in [3.8, 4) is 0 Å². The van der Waals surface area contributed by atoms with Crippen LogP contribution < -0.4 is 5.01 Å². The quantitative estimate of drug-likeness (QED) is 0.713. The van der Waals surface area contributed by atoms with Gasteiger partial charge in [-0.15, -0.1) is 0 Å². The minimum Gasteiger partial charge on any atom is -0.379 e. The van der Waals surface area contributed by atoms with Gasteiger partial charge in [-0.2, -0.15) is 0 Å². The van der Waals surface area contributed by atoms with Gasteiger partial charge in [0.2, 0.25) is 0 Å². The lowest BCUT2D eigenvalue weighted by atomic mass is 10.0. The Hall–Kier alpha value is -1.06. The number of ether oxygens (including phenoxy) is 1. The first kappa shape index (κ1) is 10.1. The van der Waals surface area contributed by atoms with E-state index in [9.17, 15) is 0 Å². The fourth-order valence-electron chi connectivity index (χ4n) is 2.60. The number of hydrogen-bond donors (Lipinski definition) is 0. The summed E-state index contributed by atoms with van der Waals surface area (Å²) in [6, 6.07) is 8.77. The second-order valence-electron chi connectivity index (χ2n) is 4.42. The number of fused-ring (bicyclic) bond motifs is 1. The molecule has 0 aromatic heterocycles. The summed E-state index contributed by atoms with van der Waals surface area (Å²) in [5.74, 6) is 0. The molecular weight excluding hydrogens is 200 g/mol. The summed E-state index contributed by atoms with van der Waals surface area (Å²) in [5, 5.41) is 4.88. The van der Waals surface area contributed by atoms with E-state index in [1.54, 1.807) is 0 Å². The van der Waals surface area contributed by atoms with Crippen molar-refractivity contribution < 1.29 is 4.74 Å². The van der Waals surface area contributed by atoms with E-state index in [0.29, 0.717) is 0 Å². The van der Waals surface area contributed by atoms with Crippen molar-refractivity contribution in [1.29, 1.82) is 0 Å². The zero-order chi connectivity index (χ0) is 10.8. The van der Waals surface area contributed by atoms with Crippen LogP contribution in [0.5, 0.6) is 0 Å². The van der Waals surface area contributed by atoms with Gasteiger partial charge in [0.1, 0.15) is 0 Å². The zero-order valence-electron chi connectivity index (χ0n) is 9.56. The molecule has 1 aromatic carbocycles. The van der Waals surface area contributed by atoms with Crippen LogP contribution in [0.4, 0.5) is 5.69 Å². The van der Waals surface area contributed by atoms with E-state index in [0.717, 1.165) is 32.8 Å². The summed E-state index contributed by atoms with van der Waals surface area (Å²) in [7, 11) is 0. The van der Waals surface area contributed by atoms with Gasteiger partial charge in [0.15, 0.2) is 0 Å². The van der Waals surface area contributed by atoms with Gasteiger partial charge in [0.25, 0.3) is 0 Å². The number of para-hydroxylation sites is 1. The van der Waals surface area contributed by atoms with E-state index in [-0.39, 0.29) is 0 Å². The Kier molecular flexibility index (Phi) is 2.80. The second-order valence-corrected chi connectivity index (χ2v) is 4.42. The number of nitrogens with zero attached hydrogens (tertiary/aromatic N) is 2. The highest BCUT2D eigenvalue weighted by Crippen LogP contribution is 2.28. The molecule has 0 bridgehead atoms. The molecular formula is C13H18N2O. The van der Waals surface area contributed by atoms with Crippen molar-refractivity contribution in [3.05, 3.63) is 29.8 Å². The molecule has 0 unspecified atom stereocenters. The molecule has 0 saturated carbocycles. The van der Waals surface area contributed by atoms with Gasteiger partial charge in [-0.1, -0.05) is 18.2 Å². The Bertz CT molecular complexity index is 361. The van der Waals surface area contributed by atoms with E-state index in [4.69, 9.17) is 4.74 Å². The molecule has 86 valence electrons. The van der Waals surface area contributed by atoms with Crippen LogP contribution in [-0.4, -0.2) is 37.9 Å². The summed E-state index contributed by atoms with van der Waals surface area (Å²) in [5.41, 5.74) is 2.89. The highest BCUT2D eigenvalue weighted by Gasteiger charge is 2.23. The number of morpholine rings is 1. The van der Waals surface area contributed by atoms with Crippen molar-refractivity contribution >= 4 is 5.69 Å². The Labute approximate surface area is 96.6 Å². The van der Waals surface area contributed by atoms with Crippen LogP contribution in [0, 0.1) is 0 Å². The maximum atomic E-state index is 5.41. The van der Waals surface area contributed by atoms with Crippen molar-refractivity contribution in [2.45, 2.75) is 12.8 Å². The largest absolute Gasteiger partial charge is 0.379 e. The summed E-state index contributed by atoms with van der Waals surface area (Å²) in [6.07, 6.45) is 2.48. The van der Waals surface area contributed by atoms with E-state index in [1.165, 1.54) is 24.1 Å². The van der Waals surface area contributed by atoms with Crippen LogP contribution in [0.15, 0.2) is 24.3 Å². The highest BCUT2D eigenvalue weighted by atomic mass is 16.5. The molecule has 1 aromatic rings. The van der Waals surface area contributed by atoms with E-state index in [2.05, 4.69) is 34.3 Å². The average Bonchev–Trinajstić information content (AvgIpc) is 2.39. The van der Waals surface area contributed by atoms with Gasteiger partial charge in [-0.3, -0.25) is 0 Å². The lowest BCUT2D eigenvalue weighted by Gasteiger charge is -2.41. The lowest BCUT2D eigenvalue weighted by Crippen LogP contribution is -2.50. The third-order valence-electron chi connectivity index (χ3n) is 3.41. The average molecular weight is 218 g/mol. The van der Waals surface area contributed by atoms with Gasteiger partial charge in [-0.05, 0) is 24.5 Å². The van der Waals surface area contributed by atoms with Crippen LogP contribution in [-0.2, 0) is 11.2 Å². The van der Waals surface area contributed by atoms with Crippen LogP contribution in [0.25, 0.3) is 0 Å². The Morgan fingerprint density at radius 3 is 2.69 bits per heavy atom. The molecule has 0 atom stereocenters. The maximum Gasteiger partial charge on any atom is 0.0612 e. The van der Waals surface area contributed by atoms with Crippen LogP contribution in [0.2, 0.25) is 0 Å². The van der Waals surface area contributed by atoms with Crippen molar-refractivity contribution in [2.75, 3.05) is 37.9 Å². The van der Waals surface area contributed by atoms with E-state index >= 15 is 0 Å². The van der Waals surface area contributed by atoms with Crippen molar-refractivity contribution in [2.24, 2.45) is 0 Å². The number of hydrazine groups is 1. The van der Waals surface area contributed by atoms with Gasteiger partial charge >= 0.3 is 0 Å². The topological polar surface area (TPSA) is 15.7 Å². The molecule has 3 nitrogen and oxygen atoms in total. The fourth-order valence-corrected chi connectivity index (χ4v) is 2.60. The molecule has 0 N–H and O–H groups in total. The number of aryl methyl sites for hydroxylation is 1. The SMILES string of the molecule is c1ccc2c(c1)CCCN2N1CCOCC1. The van der Waals surface area contributed by atoms with Gasteiger partial charge in [0.05, 0.1) is 18.9 Å². The molecule has 2 heterocycles. The molecule has 3 rings (SSSR count). The van der Waals surface area contributed by atoms with Crippen LogP contribution >= 0.6 is 0 Å². The minimum absolute atomic E-state index is 0.860. The highest BCUT2D eigenvalue weighted by molar-refractivity contribution is 5.54. The smallest absolute Gasteiger partial charge is 0.0612 e. The molecule has 16 heavy (non-hydrogen) atoms. The minimum atomic E-state index is 0.860. The number of benzene rings is 1. The van der Waals surface area contributed by atoms with Gasteiger partial charge in [0, 0.05) is 19.6 Å². The number of anilines is 1. The Morgan fingerprint density at radius 2 is 1.81 bits per heavy atom. The summed E-state index contributed by atoms with van der Waals surface area (Å²) in [6.45, 7) is 4.91.